The lowest BCUT2D eigenvalue weighted by Gasteiger charge is -2.08. The number of halogens is 1. The van der Waals surface area contributed by atoms with E-state index in [-0.39, 0.29) is 17.3 Å². The van der Waals surface area contributed by atoms with Crippen molar-refractivity contribution in [2.24, 2.45) is 0 Å². The van der Waals surface area contributed by atoms with Crippen molar-refractivity contribution in [3.63, 3.8) is 0 Å². The summed E-state index contributed by atoms with van der Waals surface area (Å²) >= 11 is 0. The van der Waals surface area contributed by atoms with Crippen LogP contribution in [0.5, 0.6) is 0 Å². The van der Waals surface area contributed by atoms with Crippen molar-refractivity contribution in [1.82, 2.24) is 14.7 Å². The van der Waals surface area contributed by atoms with Gasteiger partial charge in [0.05, 0.1) is 22.8 Å². The van der Waals surface area contributed by atoms with Gasteiger partial charge in [-0.2, -0.15) is 0 Å². The molecule has 0 atom stereocenters. The van der Waals surface area contributed by atoms with Crippen LogP contribution in [0.2, 0.25) is 0 Å². The van der Waals surface area contributed by atoms with Crippen molar-refractivity contribution in [2.45, 2.75) is 11.4 Å². The first-order valence-corrected chi connectivity index (χ1v) is 10.0. The van der Waals surface area contributed by atoms with E-state index in [1.807, 2.05) is 24.3 Å². The van der Waals surface area contributed by atoms with E-state index in [9.17, 15) is 12.8 Å². The van der Waals surface area contributed by atoms with E-state index < -0.39 is 10.0 Å². The third-order valence-electron chi connectivity index (χ3n) is 4.34. The molecule has 0 aliphatic heterocycles. The van der Waals surface area contributed by atoms with E-state index in [2.05, 4.69) is 14.7 Å². The van der Waals surface area contributed by atoms with Crippen LogP contribution in [0.3, 0.4) is 0 Å². The minimum Gasteiger partial charge on any atom is -0.240 e. The fourth-order valence-corrected chi connectivity index (χ4v) is 3.89. The van der Waals surface area contributed by atoms with E-state index in [0.29, 0.717) is 11.4 Å². The zero-order valence-corrected chi connectivity index (χ0v) is 15.5. The number of hydrogen-bond donors (Lipinski definition) is 1. The molecule has 140 valence electrons. The Balaban J connectivity index is 1.54. The van der Waals surface area contributed by atoms with Crippen molar-refractivity contribution < 1.29 is 12.8 Å². The van der Waals surface area contributed by atoms with Crippen LogP contribution in [-0.2, 0) is 16.6 Å². The van der Waals surface area contributed by atoms with Crippen molar-refractivity contribution in [3.8, 4) is 11.3 Å². The first kappa shape index (κ1) is 18.2. The smallest absolute Gasteiger partial charge is 0.240 e. The molecule has 0 aliphatic carbocycles. The second kappa shape index (κ2) is 7.46. The third kappa shape index (κ3) is 3.90. The number of nitrogens with one attached hydrogen (secondary N) is 1. The predicted octanol–water partition coefficient (Wildman–Crippen LogP) is 3.91. The van der Waals surface area contributed by atoms with Gasteiger partial charge in [-0.3, -0.25) is 0 Å². The van der Waals surface area contributed by atoms with Crippen LogP contribution in [0.1, 0.15) is 5.69 Å². The molecule has 4 aromatic rings. The summed E-state index contributed by atoms with van der Waals surface area (Å²) in [5.41, 5.74) is 1.83. The second-order valence-electron chi connectivity index (χ2n) is 6.23. The molecule has 1 aromatic heterocycles. The van der Waals surface area contributed by atoms with Crippen LogP contribution in [0.4, 0.5) is 4.39 Å². The maximum absolute atomic E-state index is 13.1. The van der Waals surface area contributed by atoms with Gasteiger partial charge in [-0.1, -0.05) is 30.3 Å². The average Bonchev–Trinajstić information content (AvgIpc) is 2.73. The highest BCUT2D eigenvalue weighted by atomic mass is 32.2. The Labute approximate surface area is 162 Å². The van der Waals surface area contributed by atoms with Crippen molar-refractivity contribution in [2.75, 3.05) is 0 Å². The largest absolute Gasteiger partial charge is 0.240 e. The molecule has 0 bridgehead atoms. The van der Waals surface area contributed by atoms with E-state index in [0.717, 1.165) is 16.3 Å². The molecule has 4 rings (SSSR count). The molecule has 1 heterocycles. The molecule has 0 saturated heterocycles. The Morgan fingerprint density at radius 2 is 1.61 bits per heavy atom. The fourth-order valence-electron chi connectivity index (χ4n) is 2.86. The summed E-state index contributed by atoms with van der Waals surface area (Å²) in [5.74, 6) is -0.332. The molecule has 0 fully saturated rings. The van der Waals surface area contributed by atoms with Crippen LogP contribution in [0.25, 0.3) is 22.0 Å². The number of hydrogen-bond acceptors (Lipinski definition) is 4. The summed E-state index contributed by atoms with van der Waals surface area (Å²) in [6.45, 7) is 0.0197. The first-order chi connectivity index (χ1) is 13.5. The summed E-state index contributed by atoms with van der Waals surface area (Å²) < 4.78 is 40.9. The van der Waals surface area contributed by atoms with E-state index in [4.69, 9.17) is 0 Å². The van der Waals surface area contributed by atoms with E-state index in [1.165, 1.54) is 18.5 Å². The van der Waals surface area contributed by atoms with Gasteiger partial charge in [-0.25, -0.2) is 27.5 Å². The van der Waals surface area contributed by atoms with E-state index >= 15 is 0 Å². The van der Waals surface area contributed by atoms with Gasteiger partial charge in [0, 0.05) is 5.56 Å². The number of aromatic nitrogens is 2. The molecular weight excluding hydrogens is 377 g/mol. The molecule has 0 saturated carbocycles. The molecule has 0 spiro atoms. The Kier molecular flexibility index (Phi) is 4.85. The highest BCUT2D eigenvalue weighted by Gasteiger charge is 2.15. The number of rotatable bonds is 5. The molecule has 0 unspecified atom stereocenters. The minimum absolute atomic E-state index is 0.0197. The summed E-state index contributed by atoms with van der Waals surface area (Å²) in [4.78, 5) is 8.48. The second-order valence-corrected chi connectivity index (χ2v) is 8.00. The molecule has 0 aliphatic rings. The zero-order chi connectivity index (χ0) is 19.6. The maximum Gasteiger partial charge on any atom is 0.240 e. The predicted molar refractivity (Wildman–Crippen MR) is 105 cm³/mol. The van der Waals surface area contributed by atoms with Gasteiger partial charge in [-0.15, -0.1) is 0 Å². The first-order valence-electron chi connectivity index (χ1n) is 8.57. The van der Waals surface area contributed by atoms with Gasteiger partial charge in [0.2, 0.25) is 10.0 Å². The number of sulfonamides is 1. The number of benzene rings is 3. The van der Waals surface area contributed by atoms with Gasteiger partial charge < -0.3 is 0 Å². The molecule has 1 N–H and O–H groups in total. The quantitative estimate of drug-likeness (QED) is 0.558. The van der Waals surface area contributed by atoms with Crippen LogP contribution >= 0.6 is 0 Å². The Morgan fingerprint density at radius 3 is 2.39 bits per heavy atom. The summed E-state index contributed by atoms with van der Waals surface area (Å²) in [5, 5.41) is 1.83. The maximum atomic E-state index is 13.1. The molecule has 28 heavy (non-hydrogen) atoms. The molecule has 7 heteroatoms. The van der Waals surface area contributed by atoms with E-state index in [1.54, 1.807) is 36.4 Å². The highest BCUT2D eigenvalue weighted by Crippen LogP contribution is 2.20. The standard InChI is InChI=1S/C21H16FN3O2S/c22-18-8-5-16(6-9-18)21-12-19(23-14-24-21)13-25-28(26,27)20-10-7-15-3-1-2-4-17(15)11-20/h1-12,14,25H,13H2. The Hall–Kier alpha value is -3.16. The van der Waals surface area contributed by atoms with Crippen molar-refractivity contribution >= 4 is 20.8 Å². The van der Waals surface area contributed by atoms with Crippen LogP contribution < -0.4 is 4.72 Å². The molecule has 0 radical (unpaired) electrons. The third-order valence-corrected chi connectivity index (χ3v) is 5.74. The lowest BCUT2D eigenvalue weighted by atomic mass is 10.1. The van der Waals surface area contributed by atoms with Gasteiger partial charge in [-0.05, 0) is 53.2 Å². The van der Waals surface area contributed by atoms with Crippen LogP contribution in [0.15, 0.2) is 84.0 Å². The number of nitrogens with zero attached hydrogens (tertiary/aromatic N) is 2. The van der Waals surface area contributed by atoms with Crippen LogP contribution in [0, 0.1) is 5.82 Å². The van der Waals surface area contributed by atoms with Gasteiger partial charge in [0.25, 0.3) is 0 Å². The molecule has 3 aromatic carbocycles. The van der Waals surface area contributed by atoms with Crippen molar-refractivity contribution in [3.05, 3.63) is 90.6 Å². The Bertz CT molecular complexity index is 1240. The van der Waals surface area contributed by atoms with Crippen molar-refractivity contribution in [1.29, 1.82) is 0 Å². The average molecular weight is 393 g/mol. The SMILES string of the molecule is O=S(=O)(NCc1cc(-c2ccc(F)cc2)ncn1)c1ccc2ccccc2c1. The number of fused-ring (bicyclic) bond motifs is 1. The lowest BCUT2D eigenvalue weighted by molar-refractivity contribution is 0.580. The minimum atomic E-state index is -3.69. The van der Waals surface area contributed by atoms with Gasteiger partial charge in [0.1, 0.15) is 12.1 Å². The summed E-state index contributed by atoms with van der Waals surface area (Å²) in [7, 11) is -3.69. The van der Waals surface area contributed by atoms with Gasteiger partial charge >= 0.3 is 0 Å². The lowest BCUT2D eigenvalue weighted by Crippen LogP contribution is -2.23. The zero-order valence-electron chi connectivity index (χ0n) is 14.7. The Morgan fingerprint density at radius 1 is 0.857 bits per heavy atom. The monoisotopic (exact) mass is 393 g/mol. The summed E-state index contributed by atoms with van der Waals surface area (Å²) in [6.07, 6.45) is 1.36. The highest BCUT2D eigenvalue weighted by molar-refractivity contribution is 7.89. The fraction of sp³-hybridized carbons (Fsp3) is 0.0476. The molecule has 5 nitrogen and oxygen atoms in total. The van der Waals surface area contributed by atoms with Gasteiger partial charge in [0.15, 0.2) is 0 Å². The summed E-state index contributed by atoms with van der Waals surface area (Å²) in [6, 6.07) is 20.2. The molecular formula is C21H16FN3O2S. The molecule has 0 amide bonds. The normalized spacial score (nSPS) is 11.6. The van der Waals surface area contributed by atoms with Crippen LogP contribution in [-0.4, -0.2) is 18.4 Å². The topological polar surface area (TPSA) is 72.0 Å².